The molecule has 0 amide bonds. The first-order valence-corrected chi connectivity index (χ1v) is 8.00. The Hall–Kier alpha value is -3.26. The minimum atomic E-state index is -1.30. The van der Waals surface area contributed by atoms with Gasteiger partial charge in [0.05, 0.1) is 26.4 Å². The maximum atomic E-state index is 12.8. The number of carboxylic acid groups (broad SMARTS) is 1. The van der Waals surface area contributed by atoms with Crippen LogP contribution in [0, 0.1) is 13.8 Å². The van der Waals surface area contributed by atoms with Crippen molar-refractivity contribution in [3.63, 3.8) is 0 Å². The number of benzene rings is 2. The fraction of sp³-hybridized carbons (Fsp3) is 0.263. The first-order valence-electron chi connectivity index (χ1n) is 8.00. The minimum absolute atomic E-state index is 0.0713. The van der Waals surface area contributed by atoms with E-state index in [0.29, 0.717) is 16.9 Å². The van der Waals surface area contributed by atoms with Crippen LogP contribution >= 0.6 is 0 Å². The number of carboxylic acids is 1. The van der Waals surface area contributed by atoms with Gasteiger partial charge >= 0.3 is 11.9 Å². The van der Waals surface area contributed by atoms with Gasteiger partial charge in [0.1, 0.15) is 28.4 Å². The molecule has 1 aliphatic rings. The molecule has 8 nitrogen and oxygen atoms in total. The Morgan fingerprint density at radius 1 is 1.04 bits per heavy atom. The summed E-state index contributed by atoms with van der Waals surface area (Å²) in [4.78, 5) is 24.5. The number of esters is 1. The molecule has 0 fully saturated rings. The van der Waals surface area contributed by atoms with E-state index in [4.69, 9.17) is 18.9 Å². The van der Waals surface area contributed by atoms with Crippen LogP contribution in [-0.2, 0) is 6.61 Å². The van der Waals surface area contributed by atoms with Gasteiger partial charge in [0.15, 0.2) is 11.5 Å². The molecule has 8 heteroatoms. The predicted octanol–water partition coefficient (Wildman–Crippen LogP) is 2.84. The van der Waals surface area contributed by atoms with E-state index in [-0.39, 0.29) is 39.7 Å². The summed E-state index contributed by atoms with van der Waals surface area (Å²) in [5.74, 6) is -1.70. The van der Waals surface area contributed by atoms with E-state index in [1.54, 1.807) is 19.9 Å². The van der Waals surface area contributed by atoms with Crippen LogP contribution in [0.4, 0.5) is 0 Å². The van der Waals surface area contributed by atoms with Crippen molar-refractivity contribution in [2.24, 2.45) is 0 Å². The molecule has 2 aromatic carbocycles. The normalized spacial score (nSPS) is 12.3. The lowest BCUT2D eigenvalue weighted by Gasteiger charge is -2.17. The fourth-order valence-corrected chi connectivity index (χ4v) is 3.05. The van der Waals surface area contributed by atoms with Gasteiger partial charge in [-0.1, -0.05) is 0 Å². The van der Waals surface area contributed by atoms with E-state index < -0.39 is 18.5 Å². The molecule has 1 heterocycles. The second-order valence-electron chi connectivity index (χ2n) is 5.94. The lowest BCUT2D eigenvalue weighted by Crippen LogP contribution is -2.12. The van der Waals surface area contributed by atoms with Gasteiger partial charge in [-0.15, -0.1) is 0 Å². The van der Waals surface area contributed by atoms with Crippen molar-refractivity contribution in [1.82, 2.24) is 0 Å². The molecule has 0 bridgehead atoms. The van der Waals surface area contributed by atoms with Crippen LogP contribution in [0.25, 0.3) is 0 Å². The van der Waals surface area contributed by atoms with Gasteiger partial charge in [-0.3, -0.25) is 0 Å². The zero-order valence-electron chi connectivity index (χ0n) is 15.2. The molecule has 0 saturated carbocycles. The molecule has 2 aromatic rings. The highest BCUT2D eigenvalue weighted by Crippen LogP contribution is 2.48. The van der Waals surface area contributed by atoms with Crippen LogP contribution in [0.1, 0.15) is 37.4 Å². The number of methoxy groups -OCH3 is 2. The quantitative estimate of drug-likeness (QED) is 0.621. The predicted molar refractivity (Wildman–Crippen MR) is 93.4 cm³/mol. The van der Waals surface area contributed by atoms with E-state index in [1.807, 2.05) is 0 Å². The molecule has 3 rings (SSSR count). The van der Waals surface area contributed by atoms with Gasteiger partial charge in [-0.05, 0) is 31.5 Å². The molecule has 0 aromatic heterocycles. The molecule has 2 N–H and O–H groups in total. The lowest BCUT2D eigenvalue weighted by molar-refractivity contribution is 0.0684. The number of carbonyl (C=O) groups is 2. The Morgan fingerprint density at radius 3 is 2.26 bits per heavy atom. The number of rotatable bonds is 4. The highest BCUT2D eigenvalue weighted by atomic mass is 16.6. The number of fused-ring (bicyclic) bond motifs is 2. The molecule has 0 aliphatic carbocycles. The monoisotopic (exact) mass is 374 g/mol. The molecule has 27 heavy (non-hydrogen) atoms. The first-order chi connectivity index (χ1) is 12.8. The SMILES string of the molecule is COc1cc(C)c2c(c1C)Oc1c(C(=O)O)cc(OC)c(CO)c1OC2=O. The Bertz CT molecular complexity index is 961. The largest absolute Gasteiger partial charge is 0.496 e. The average molecular weight is 374 g/mol. The van der Waals surface area contributed by atoms with Crippen LogP contribution in [0.3, 0.4) is 0 Å². The molecular formula is C19H18O8. The third kappa shape index (κ3) is 2.83. The summed E-state index contributed by atoms with van der Waals surface area (Å²) in [6.45, 7) is 2.83. The van der Waals surface area contributed by atoms with Crippen molar-refractivity contribution in [3.05, 3.63) is 39.9 Å². The summed E-state index contributed by atoms with van der Waals surface area (Å²) < 4.78 is 21.8. The average Bonchev–Trinajstić information content (AvgIpc) is 2.79. The third-order valence-corrected chi connectivity index (χ3v) is 4.41. The second-order valence-corrected chi connectivity index (χ2v) is 5.94. The van der Waals surface area contributed by atoms with Crippen LogP contribution in [-0.4, -0.2) is 36.4 Å². The highest BCUT2D eigenvalue weighted by molar-refractivity contribution is 6.00. The summed E-state index contributed by atoms with van der Waals surface area (Å²) in [6, 6.07) is 2.88. The van der Waals surface area contributed by atoms with E-state index >= 15 is 0 Å². The maximum Gasteiger partial charge on any atom is 0.347 e. The summed E-state index contributed by atoms with van der Waals surface area (Å²) in [5, 5.41) is 19.3. The number of ether oxygens (including phenoxy) is 4. The molecule has 0 saturated heterocycles. The van der Waals surface area contributed by atoms with Gasteiger partial charge in [0.25, 0.3) is 0 Å². The van der Waals surface area contributed by atoms with Crippen molar-refractivity contribution >= 4 is 11.9 Å². The minimum Gasteiger partial charge on any atom is -0.496 e. The Morgan fingerprint density at radius 2 is 1.70 bits per heavy atom. The second kappa shape index (κ2) is 6.81. The zero-order valence-corrected chi connectivity index (χ0v) is 15.2. The molecule has 0 radical (unpaired) electrons. The topological polar surface area (TPSA) is 112 Å². The molecular weight excluding hydrogens is 356 g/mol. The van der Waals surface area contributed by atoms with Crippen LogP contribution in [0.2, 0.25) is 0 Å². The van der Waals surface area contributed by atoms with Crippen LogP contribution in [0.5, 0.6) is 28.7 Å². The van der Waals surface area contributed by atoms with Crippen molar-refractivity contribution in [2.45, 2.75) is 20.5 Å². The first kappa shape index (κ1) is 18.5. The number of hydrogen-bond donors (Lipinski definition) is 2. The smallest absolute Gasteiger partial charge is 0.347 e. The molecule has 0 unspecified atom stereocenters. The van der Waals surface area contributed by atoms with Crippen molar-refractivity contribution < 1.29 is 38.7 Å². The summed E-state index contributed by atoms with van der Waals surface area (Å²) in [6.07, 6.45) is 0. The highest BCUT2D eigenvalue weighted by Gasteiger charge is 2.34. The van der Waals surface area contributed by atoms with Crippen LogP contribution < -0.4 is 18.9 Å². The third-order valence-electron chi connectivity index (χ3n) is 4.41. The Labute approximate surface area is 154 Å². The summed E-state index contributed by atoms with van der Waals surface area (Å²) >= 11 is 0. The Kier molecular flexibility index (Phi) is 4.67. The number of aliphatic hydroxyl groups is 1. The van der Waals surface area contributed by atoms with Crippen molar-refractivity contribution in [1.29, 1.82) is 0 Å². The van der Waals surface area contributed by atoms with E-state index in [0.717, 1.165) is 0 Å². The molecule has 0 spiro atoms. The number of aryl methyl sites for hydroxylation is 1. The van der Waals surface area contributed by atoms with Gasteiger partial charge in [-0.25, -0.2) is 9.59 Å². The number of carbonyl (C=O) groups excluding carboxylic acids is 1. The van der Waals surface area contributed by atoms with E-state index in [1.165, 1.54) is 20.3 Å². The van der Waals surface area contributed by atoms with Gasteiger partial charge in [-0.2, -0.15) is 0 Å². The van der Waals surface area contributed by atoms with Crippen LogP contribution in [0.15, 0.2) is 12.1 Å². The molecule has 142 valence electrons. The molecule has 1 aliphatic heterocycles. The van der Waals surface area contributed by atoms with Crippen molar-refractivity contribution in [2.75, 3.05) is 14.2 Å². The Balaban J connectivity index is 2.38. The maximum absolute atomic E-state index is 12.8. The van der Waals surface area contributed by atoms with Gasteiger partial charge < -0.3 is 29.2 Å². The lowest BCUT2D eigenvalue weighted by atomic mass is 10.0. The zero-order chi connectivity index (χ0) is 19.9. The van der Waals surface area contributed by atoms with Crippen molar-refractivity contribution in [3.8, 4) is 28.7 Å². The summed E-state index contributed by atoms with van der Waals surface area (Å²) in [5.41, 5.74) is 1.06. The fourth-order valence-electron chi connectivity index (χ4n) is 3.05. The molecule has 0 atom stereocenters. The number of aromatic carboxylic acids is 1. The van der Waals surface area contributed by atoms with E-state index in [9.17, 15) is 19.8 Å². The number of aliphatic hydroxyl groups excluding tert-OH is 1. The standard InChI is InChI=1S/C19H18O8/c1-8-5-12(24-3)9(2)15-14(8)19(23)27-17-11(7-20)13(25-4)6-10(18(21)22)16(17)26-15/h5-6,20H,7H2,1-4H3,(H,21,22). The van der Waals surface area contributed by atoms with E-state index in [2.05, 4.69) is 0 Å². The number of hydrogen-bond acceptors (Lipinski definition) is 7. The summed E-state index contributed by atoms with van der Waals surface area (Å²) in [7, 11) is 2.80. The van der Waals surface area contributed by atoms with Gasteiger partial charge in [0, 0.05) is 5.56 Å². The van der Waals surface area contributed by atoms with Gasteiger partial charge in [0.2, 0.25) is 0 Å².